The minimum absolute atomic E-state index is 0.143. The first-order chi connectivity index (χ1) is 7.15. The summed E-state index contributed by atoms with van der Waals surface area (Å²) in [4.78, 5) is 14.5. The van der Waals surface area contributed by atoms with Crippen LogP contribution < -0.4 is 0 Å². The molecule has 0 spiro atoms. The molecule has 0 unspecified atom stereocenters. The lowest BCUT2D eigenvalue weighted by atomic mass is 10.1. The average Bonchev–Trinajstić information content (AvgIpc) is 2.56. The third kappa shape index (κ3) is 2.80. The average molecular weight is 290 g/mol. The molecule has 0 atom stereocenters. The predicted octanol–water partition coefficient (Wildman–Crippen LogP) is 1.65. The van der Waals surface area contributed by atoms with E-state index in [9.17, 15) is 4.79 Å². The highest BCUT2D eigenvalue weighted by atomic mass is 79.9. The van der Waals surface area contributed by atoms with Crippen molar-refractivity contribution in [3.8, 4) is 0 Å². The van der Waals surface area contributed by atoms with E-state index in [0.29, 0.717) is 19.5 Å². The zero-order chi connectivity index (χ0) is 10.8. The van der Waals surface area contributed by atoms with Gasteiger partial charge in [-0.2, -0.15) is 0 Å². The molecule has 1 saturated heterocycles. The van der Waals surface area contributed by atoms with Gasteiger partial charge in [-0.25, -0.2) is 0 Å². The third-order valence-electron chi connectivity index (χ3n) is 2.42. The number of hydrogen-bond acceptors (Lipinski definition) is 3. The molecule has 3 nitrogen and oxygen atoms in total. The summed E-state index contributed by atoms with van der Waals surface area (Å²) in [6.45, 7) is 1.01. The minimum atomic E-state index is -0.301. The molecule has 1 aliphatic heterocycles. The molecule has 0 bridgehead atoms. The predicted molar refractivity (Wildman–Crippen MR) is 62.9 cm³/mol. The second-order valence-electron chi connectivity index (χ2n) is 3.68. The van der Waals surface area contributed by atoms with E-state index < -0.39 is 0 Å². The molecule has 2 rings (SSSR count). The van der Waals surface area contributed by atoms with Gasteiger partial charge in [0.15, 0.2) is 0 Å². The molecular weight excluding hydrogens is 278 g/mol. The molecule has 0 aromatic carbocycles. The highest BCUT2D eigenvalue weighted by molar-refractivity contribution is 9.10. The summed E-state index contributed by atoms with van der Waals surface area (Å²) >= 11 is 5.05. The number of rotatable bonds is 3. The number of amides is 1. The van der Waals surface area contributed by atoms with Crippen LogP contribution in [0.3, 0.4) is 0 Å². The molecule has 0 saturated carbocycles. The number of nitrogens with zero attached hydrogens (tertiary/aromatic N) is 1. The van der Waals surface area contributed by atoms with Crippen molar-refractivity contribution in [2.75, 3.05) is 13.1 Å². The molecule has 1 amide bonds. The van der Waals surface area contributed by atoms with Crippen molar-refractivity contribution in [3.05, 3.63) is 20.8 Å². The maximum Gasteiger partial charge on any atom is 0.223 e. The monoisotopic (exact) mass is 289 g/mol. The van der Waals surface area contributed by atoms with Gasteiger partial charge in [-0.3, -0.25) is 4.79 Å². The maximum atomic E-state index is 11.6. The van der Waals surface area contributed by atoms with Crippen molar-refractivity contribution < 1.29 is 9.90 Å². The number of β-amino-alcohol motifs (C(OH)–C–C–N with tert-alkyl or cyclic N) is 1. The Balaban J connectivity index is 1.76. The van der Waals surface area contributed by atoms with Crippen LogP contribution in [0.1, 0.15) is 11.3 Å². The van der Waals surface area contributed by atoms with E-state index >= 15 is 0 Å². The number of aryl methyl sites for hydroxylation is 1. The topological polar surface area (TPSA) is 40.5 Å². The van der Waals surface area contributed by atoms with Crippen LogP contribution in [-0.2, 0) is 11.2 Å². The van der Waals surface area contributed by atoms with Crippen LogP contribution in [0.2, 0.25) is 0 Å². The maximum absolute atomic E-state index is 11.6. The zero-order valence-corrected chi connectivity index (χ0v) is 10.6. The standard InChI is InChI=1S/C10H12BrNO2S/c11-7-3-9(15-6-7)1-2-10(14)12-4-8(13)5-12/h3,6,8,13H,1-2,4-5H2. The number of halogens is 1. The van der Waals surface area contributed by atoms with Gasteiger partial charge in [-0.15, -0.1) is 11.3 Å². The van der Waals surface area contributed by atoms with Gasteiger partial charge in [-0.1, -0.05) is 0 Å². The second kappa shape index (κ2) is 4.63. The molecular formula is C10H12BrNO2S. The first-order valence-electron chi connectivity index (χ1n) is 4.84. The highest BCUT2D eigenvalue weighted by Gasteiger charge is 2.28. The summed E-state index contributed by atoms with van der Waals surface area (Å²) in [5.41, 5.74) is 0. The van der Waals surface area contributed by atoms with Crippen LogP contribution in [0, 0.1) is 0 Å². The molecule has 0 aliphatic carbocycles. The van der Waals surface area contributed by atoms with Crippen molar-refractivity contribution in [1.82, 2.24) is 4.90 Å². The third-order valence-corrected chi connectivity index (χ3v) is 4.18. The number of carbonyl (C=O) groups is 1. The summed E-state index contributed by atoms with van der Waals surface area (Å²) in [6.07, 6.45) is 1.03. The van der Waals surface area contributed by atoms with E-state index in [0.717, 1.165) is 10.9 Å². The van der Waals surface area contributed by atoms with Crippen molar-refractivity contribution in [1.29, 1.82) is 0 Å². The molecule has 1 aliphatic rings. The lowest BCUT2D eigenvalue weighted by Gasteiger charge is -2.35. The van der Waals surface area contributed by atoms with Gasteiger partial charge in [0.25, 0.3) is 0 Å². The van der Waals surface area contributed by atoms with Gasteiger partial charge in [0.2, 0.25) is 5.91 Å². The quantitative estimate of drug-likeness (QED) is 0.919. The zero-order valence-electron chi connectivity index (χ0n) is 8.15. The molecule has 0 radical (unpaired) electrons. The summed E-state index contributed by atoms with van der Waals surface area (Å²) in [7, 11) is 0. The smallest absolute Gasteiger partial charge is 0.223 e. The lowest BCUT2D eigenvalue weighted by Crippen LogP contribution is -2.53. The van der Waals surface area contributed by atoms with Gasteiger partial charge in [-0.05, 0) is 28.4 Å². The van der Waals surface area contributed by atoms with Gasteiger partial charge < -0.3 is 10.0 Å². The number of likely N-dealkylation sites (tertiary alicyclic amines) is 1. The van der Waals surface area contributed by atoms with Crippen LogP contribution in [0.5, 0.6) is 0 Å². The molecule has 1 N–H and O–H groups in total. The number of carbonyl (C=O) groups excluding carboxylic acids is 1. The molecule has 1 aromatic rings. The second-order valence-corrected chi connectivity index (χ2v) is 5.60. The van der Waals surface area contributed by atoms with E-state index in [1.54, 1.807) is 16.2 Å². The number of aliphatic hydroxyl groups is 1. The van der Waals surface area contributed by atoms with E-state index in [1.165, 1.54) is 4.88 Å². The Morgan fingerprint density at radius 2 is 2.40 bits per heavy atom. The minimum Gasteiger partial charge on any atom is -0.389 e. The molecule has 82 valence electrons. The Kier molecular flexibility index (Phi) is 3.43. The van der Waals surface area contributed by atoms with Gasteiger partial charge >= 0.3 is 0 Å². The van der Waals surface area contributed by atoms with E-state index in [-0.39, 0.29) is 12.0 Å². The van der Waals surface area contributed by atoms with E-state index in [2.05, 4.69) is 15.9 Å². The van der Waals surface area contributed by atoms with Crippen LogP contribution in [0.15, 0.2) is 15.9 Å². The van der Waals surface area contributed by atoms with Crippen molar-refractivity contribution in [2.24, 2.45) is 0 Å². The van der Waals surface area contributed by atoms with Crippen LogP contribution in [-0.4, -0.2) is 35.1 Å². The van der Waals surface area contributed by atoms with Crippen LogP contribution >= 0.6 is 27.3 Å². The van der Waals surface area contributed by atoms with Crippen molar-refractivity contribution in [3.63, 3.8) is 0 Å². The largest absolute Gasteiger partial charge is 0.389 e. The van der Waals surface area contributed by atoms with Gasteiger partial charge in [0.05, 0.1) is 6.10 Å². The fourth-order valence-corrected chi connectivity index (χ4v) is 2.99. The fraction of sp³-hybridized carbons (Fsp3) is 0.500. The Morgan fingerprint density at radius 1 is 1.67 bits per heavy atom. The van der Waals surface area contributed by atoms with Crippen molar-refractivity contribution in [2.45, 2.75) is 18.9 Å². The Morgan fingerprint density at radius 3 is 2.93 bits per heavy atom. The summed E-state index contributed by atoms with van der Waals surface area (Å²) < 4.78 is 1.08. The molecule has 1 aromatic heterocycles. The highest BCUT2D eigenvalue weighted by Crippen LogP contribution is 2.21. The number of aliphatic hydroxyl groups excluding tert-OH is 1. The summed E-state index contributed by atoms with van der Waals surface area (Å²) in [5.74, 6) is 0.143. The van der Waals surface area contributed by atoms with E-state index in [4.69, 9.17) is 5.11 Å². The first-order valence-corrected chi connectivity index (χ1v) is 6.51. The first kappa shape index (κ1) is 11.1. The number of hydrogen-bond donors (Lipinski definition) is 1. The Bertz CT molecular complexity index is 360. The normalized spacial score (nSPS) is 16.5. The van der Waals surface area contributed by atoms with Crippen LogP contribution in [0.4, 0.5) is 0 Å². The summed E-state index contributed by atoms with van der Waals surface area (Å²) in [5, 5.41) is 11.1. The van der Waals surface area contributed by atoms with Crippen LogP contribution in [0.25, 0.3) is 0 Å². The van der Waals surface area contributed by atoms with Gasteiger partial charge in [0.1, 0.15) is 0 Å². The molecule has 1 fully saturated rings. The fourth-order valence-electron chi connectivity index (χ4n) is 1.53. The van der Waals surface area contributed by atoms with Crippen molar-refractivity contribution >= 4 is 33.2 Å². The van der Waals surface area contributed by atoms with E-state index in [1.807, 2.05) is 11.4 Å². The lowest BCUT2D eigenvalue weighted by molar-refractivity contribution is -0.141. The summed E-state index contributed by atoms with van der Waals surface area (Å²) in [6, 6.07) is 2.04. The molecule has 5 heteroatoms. The molecule has 15 heavy (non-hydrogen) atoms. The Hall–Kier alpha value is -0.390. The SMILES string of the molecule is O=C(CCc1cc(Br)cs1)N1CC(O)C1. The number of thiophene rings is 1. The van der Waals surface area contributed by atoms with Gasteiger partial charge in [0, 0.05) is 34.2 Å². The molecule has 2 heterocycles. The Labute approximate surface area is 101 Å².